The molecular weight excluding hydrogens is 336 g/mol. The van der Waals surface area contributed by atoms with Crippen LogP contribution in [0.25, 0.3) is 11.4 Å². The number of rotatable bonds is 5. The number of aryl methyl sites for hydroxylation is 1. The molecule has 3 atom stereocenters. The monoisotopic (exact) mass is 360 g/mol. The number of carbonyl (C=O) groups is 1. The van der Waals surface area contributed by atoms with E-state index in [4.69, 9.17) is 0 Å². The van der Waals surface area contributed by atoms with Gasteiger partial charge in [-0.15, -0.1) is 0 Å². The summed E-state index contributed by atoms with van der Waals surface area (Å²) in [6.07, 6.45) is 3.99. The molecule has 134 valence electrons. The van der Waals surface area contributed by atoms with Crippen molar-refractivity contribution in [1.29, 1.82) is 0 Å². The maximum Gasteiger partial charge on any atom is 0.251 e. The Labute approximate surface area is 150 Å². The van der Waals surface area contributed by atoms with Gasteiger partial charge >= 0.3 is 0 Å². The van der Waals surface area contributed by atoms with E-state index in [0.717, 1.165) is 37.1 Å². The fourth-order valence-corrected chi connectivity index (χ4v) is 4.71. The molecule has 1 amide bonds. The lowest BCUT2D eigenvalue weighted by atomic mass is 9.94. The fourth-order valence-electron chi connectivity index (χ4n) is 3.28. The zero-order chi connectivity index (χ0) is 17.8. The highest BCUT2D eigenvalue weighted by Gasteiger charge is 2.30. The average molecular weight is 360 g/mol. The number of H-pyrrole nitrogens is 1. The Morgan fingerprint density at radius 1 is 1.28 bits per heavy atom. The van der Waals surface area contributed by atoms with Gasteiger partial charge in [0.25, 0.3) is 5.91 Å². The van der Waals surface area contributed by atoms with Gasteiger partial charge in [0, 0.05) is 33.7 Å². The number of aromatic amines is 1. The van der Waals surface area contributed by atoms with Gasteiger partial charge in [-0.05, 0) is 31.9 Å². The number of nitrogens with zero attached hydrogens (tertiary/aromatic N) is 2. The standard InChI is InChI=1S/C18H24N4O2S/c1-3-25(24)16-7-5-4-6-15(16)20-18(23)14-10-8-13(9-11-14)17-19-12(2)21-22-17/h8-11,15-16H,3-7H2,1-2H3,(H,20,23)(H,19,21,22)/t15-,16+,25+/m1/s1. The summed E-state index contributed by atoms with van der Waals surface area (Å²) >= 11 is 0. The molecule has 1 heterocycles. The number of aromatic nitrogens is 3. The van der Waals surface area contributed by atoms with Gasteiger partial charge in [0.15, 0.2) is 5.82 Å². The molecule has 0 bridgehead atoms. The minimum absolute atomic E-state index is 0.00244. The Bertz CT molecular complexity index is 757. The van der Waals surface area contributed by atoms with Crippen LogP contribution < -0.4 is 5.32 Å². The molecule has 0 spiro atoms. The minimum Gasteiger partial charge on any atom is -0.348 e. The lowest BCUT2D eigenvalue weighted by molar-refractivity contribution is 0.0929. The highest BCUT2D eigenvalue weighted by Crippen LogP contribution is 2.24. The maximum absolute atomic E-state index is 12.6. The lowest BCUT2D eigenvalue weighted by Crippen LogP contribution is -2.47. The molecule has 2 aromatic rings. The third kappa shape index (κ3) is 4.15. The average Bonchev–Trinajstić information content (AvgIpc) is 3.08. The van der Waals surface area contributed by atoms with Crippen LogP contribution >= 0.6 is 0 Å². The second kappa shape index (κ2) is 7.91. The Balaban J connectivity index is 1.69. The molecule has 0 saturated heterocycles. The van der Waals surface area contributed by atoms with Crippen molar-refractivity contribution < 1.29 is 9.00 Å². The van der Waals surface area contributed by atoms with Gasteiger partial charge < -0.3 is 5.32 Å². The number of amides is 1. The topological polar surface area (TPSA) is 87.7 Å². The molecule has 25 heavy (non-hydrogen) atoms. The summed E-state index contributed by atoms with van der Waals surface area (Å²) in [5, 5.41) is 10.1. The minimum atomic E-state index is -0.877. The van der Waals surface area contributed by atoms with E-state index in [2.05, 4.69) is 20.5 Å². The predicted molar refractivity (Wildman–Crippen MR) is 98.7 cm³/mol. The second-order valence-corrected chi connectivity index (χ2v) is 8.34. The number of hydrogen-bond donors (Lipinski definition) is 2. The van der Waals surface area contributed by atoms with Crippen LogP contribution in [0.4, 0.5) is 0 Å². The molecule has 0 unspecified atom stereocenters. The van der Waals surface area contributed by atoms with Crippen LogP contribution in [0.15, 0.2) is 24.3 Å². The van der Waals surface area contributed by atoms with Crippen molar-refractivity contribution in [3.63, 3.8) is 0 Å². The molecule has 2 N–H and O–H groups in total. The van der Waals surface area contributed by atoms with Crippen molar-refractivity contribution in [2.75, 3.05) is 5.75 Å². The van der Waals surface area contributed by atoms with Gasteiger partial charge in [-0.2, -0.15) is 5.10 Å². The van der Waals surface area contributed by atoms with E-state index >= 15 is 0 Å². The van der Waals surface area contributed by atoms with Crippen LogP contribution in [0.1, 0.15) is 48.8 Å². The number of nitrogens with one attached hydrogen (secondary N) is 2. The third-order valence-corrected chi connectivity index (χ3v) is 6.45. The molecule has 0 radical (unpaired) electrons. The smallest absolute Gasteiger partial charge is 0.251 e. The Morgan fingerprint density at radius 3 is 2.64 bits per heavy atom. The first-order chi connectivity index (χ1) is 12.1. The first-order valence-electron chi connectivity index (χ1n) is 8.76. The van der Waals surface area contributed by atoms with E-state index in [1.165, 1.54) is 0 Å². The van der Waals surface area contributed by atoms with Crippen LogP contribution in [0.5, 0.6) is 0 Å². The first-order valence-corrected chi connectivity index (χ1v) is 10.1. The number of hydrogen-bond acceptors (Lipinski definition) is 4. The summed E-state index contributed by atoms with van der Waals surface area (Å²) in [4.78, 5) is 16.9. The van der Waals surface area contributed by atoms with Gasteiger partial charge in [0.05, 0.1) is 5.25 Å². The molecule has 3 rings (SSSR count). The van der Waals surface area contributed by atoms with Gasteiger partial charge in [0.2, 0.25) is 0 Å². The van der Waals surface area contributed by atoms with Crippen molar-refractivity contribution in [1.82, 2.24) is 20.5 Å². The SMILES string of the molecule is CC[S@](=O)[C@H]1CCCC[C@H]1NC(=O)c1ccc(-c2n[nH]c(C)n2)cc1. The summed E-state index contributed by atoms with van der Waals surface area (Å²) in [5.41, 5.74) is 1.46. The Morgan fingerprint density at radius 2 is 2.00 bits per heavy atom. The van der Waals surface area contributed by atoms with Gasteiger partial charge in [-0.1, -0.05) is 31.9 Å². The zero-order valence-electron chi connectivity index (χ0n) is 14.6. The van der Waals surface area contributed by atoms with E-state index in [1.54, 1.807) is 12.1 Å². The van der Waals surface area contributed by atoms with Crippen LogP contribution in [0, 0.1) is 6.92 Å². The predicted octanol–water partition coefficient (Wildman–Crippen LogP) is 2.59. The highest BCUT2D eigenvalue weighted by molar-refractivity contribution is 7.85. The first kappa shape index (κ1) is 17.8. The molecular formula is C18H24N4O2S. The van der Waals surface area contributed by atoms with Crippen LogP contribution in [0.2, 0.25) is 0 Å². The van der Waals surface area contributed by atoms with Gasteiger partial charge in [0.1, 0.15) is 5.82 Å². The van der Waals surface area contributed by atoms with E-state index < -0.39 is 10.8 Å². The molecule has 7 heteroatoms. The summed E-state index contributed by atoms with van der Waals surface area (Å²) in [6, 6.07) is 7.26. The van der Waals surface area contributed by atoms with Crippen molar-refractivity contribution in [3.05, 3.63) is 35.7 Å². The van der Waals surface area contributed by atoms with E-state index in [9.17, 15) is 9.00 Å². The number of carbonyl (C=O) groups excluding carboxylic acids is 1. The summed E-state index contributed by atoms with van der Waals surface area (Å²) in [5.74, 6) is 1.91. The number of benzene rings is 1. The molecule has 1 aliphatic rings. The lowest BCUT2D eigenvalue weighted by Gasteiger charge is -2.31. The molecule has 1 saturated carbocycles. The highest BCUT2D eigenvalue weighted by atomic mass is 32.2. The molecule has 6 nitrogen and oxygen atoms in total. The Kier molecular flexibility index (Phi) is 5.63. The fraction of sp³-hybridized carbons (Fsp3) is 0.500. The largest absolute Gasteiger partial charge is 0.348 e. The maximum atomic E-state index is 12.6. The van der Waals surface area contributed by atoms with Crippen LogP contribution in [0.3, 0.4) is 0 Å². The van der Waals surface area contributed by atoms with Crippen molar-refractivity contribution in [3.8, 4) is 11.4 Å². The zero-order valence-corrected chi connectivity index (χ0v) is 15.4. The normalized spacial score (nSPS) is 21.7. The van der Waals surface area contributed by atoms with E-state index in [1.807, 2.05) is 26.0 Å². The van der Waals surface area contributed by atoms with Gasteiger partial charge in [-0.25, -0.2) is 4.98 Å². The quantitative estimate of drug-likeness (QED) is 0.858. The van der Waals surface area contributed by atoms with Gasteiger partial charge in [-0.3, -0.25) is 14.1 Å². The Hall–Kier alpha value is -2.02. The van der Waals surface area contributed by atoms with Crippen molar-refractivity contribution in [2.45, 2.75) is 50.8 Å². The molecule has 1 aromatic heterocycles. The van der Waals surface area contributed by atoms with E-state index in [-0.39, 0.29) is 17.2 Å². The van der Waals surface area contributed by atoms with Crippen molar-refractivity contribution >= 4 is 16.7 Å². The molecule has 1 fully saturated rings. The van der Waals surface area contributed by atoms with E-state index in [0.29, 0.717) is 17.1 Å². The molecule has 1 aromatic carbocycles. The third-order valence-electron chi connectivity index (χ3n) is 4.64. The summed E-state index contributed by atoms with van der Waals surface area (Å²) in [7, 11) is -0.877. The van der Waals surface area contributed by atoms with Crippen molar-refractivity contribution in [2.24, 2.45) is 0 Å². The summed E-state index contributed by atoms with van der Waals surface area (Å²) in [6.45, 7) is 3.78. The summed E-state index contributed by atoms with van der Waals surface area (Å²) < 4.78 is 12.2. The molecule has 0 aliphatic heterocycles. The van der Waals surface area contributed by atoms with Crippen LogP contribution in [-0.2, 0) is 10.8 Å². The second-order valence-electron chi connectivity index (χ2n) is 6.39. The van der Waals surface area contributed by atoms with Crippen LogP contribution in [-0.4, -0.2) is 42.3 Å². The molecule has 1 aliphatic carbocycles.